The molecule has 0 saturated heterocycles. The number of nitrogens with two attached hydrogens (primary N) is 1. The Kier molecular flexibility index (Phi) is 4.14. The summed E-state index contributed by atoms with van der Waals surface area (Å²) in [5.41, 5.74) is 5.40. The second-order valence-electron chi connectivity index (χ2n) is 3.24. The van der Waals surface area contributed by atoms with E-state index in [1.54, 1.807) is 24.3 Å². The third-order valence-corrected chi connectivity index (χ3v) is 2.44. The third-order valence-electron chi connectivity index (χ3n) is 2.03. The van der Waals surface area contributed by atoms with Crippen LogP contribution in [-0.4, -0.2) is 22.2 Å². The maximum Gasteiger partial charge on any atom is 0.220 e. The fourth-order valence-corrected chi connectivity index (χ4v) is 1.56. The zero-order valence-electron chi connectivity index (χ0n) is 8.00. The number of carbonyl (C=O) groups is 1. The molecule has 0 radical (unpaired) electrons. The summed E-state index contributed by atoms with van der Waals surface area (Å²) in [6.45, 7) is 0. The van der Waals surface area contributed by atoms with Crippen molar-refractivity contribution in [1.82, 2.24) is 0 Å². The van der Waals surface area contributed by atoms with Gasteiger partial charge in [0.15, 0.2) is 0 Å². The van der Waals surface area contributed by atoms with Gasteiger partial charge in [0.05, 0.1) is 12.5 Å². The summed E-state index contributed by atoms with van der Waals surface area (Å²) < 4.78 is 0. The van der Waals surface area contributed by atoms with Crippen molar-refractivity contribution in [1.29, 1.82) is 0 Å². The van der Waals surface area contributed by atoms with Crippen molar-refractivity contribution in [3.63, 3.8) is 0 Å². The molecule has 1 aromatic carbocycles. The Morgan fingerprint density at radius 1 is 1.40 bits per heavy atom. The van der Waals surface area contributed by atoms with E-state index < -0.39 is 18.1 Å². The number of hydrogen-bond donors (Lipinski definition) is 4. The maximum atomic E-state index is 10.6. The van der Waals surface area contributed by atoms with E-state index in [1.807, 2.05) is 0 Å². The Balaban J connectivity index is 2.80. The van der Waals surface area contributed by atoms with Crippen LogP contribution in [0, 0.1) is 0 Å². The summed E-state index contributed by atoms with van der Waals surface area (Å²) in [6, 6.07) is 6.81. The number of benzene rings is 1. The van der Waals surface area contributed by atoms with E-state index in [0.717, 1.165) is 0 Å². The summed E-state index contributed by atoms with van der Waals surface area (Å²) in [5, 5.41) is 19.2. The van der Waals surface area contributed by atoms with Gasteiger partial charge in [-0.3, -0.25) is 4.79 Å². The van der Waals surface area contributed by atoms with Gasteiger partial charge in [0.25, 0.3) is 0 Å². The molecule has 2 unspecified atom stereocenters. The van der Waals surface area contributed by atoms with Gasteiger partial charge in [-0.2, -0.15) is 0 Å². The fourth-order valence-electron chi connectivity index (χ4n) is 1.26. The Labute approximate surface area is 93.1 Å². The van der Waals surface area contributed by atoms with Gasteiger partial charge in [0.2, 0.25) is 5.91 Å². The number of thiol groups is 1. The Bertz CT molecular complexity index is 356. The van der Waals surface area contributed by atoms with Gasteiger partial charge in [-0.1, -0.05) is 18.2 Å². The molecule has 2 atom stereocenters. The zero-order valence-corrected chi connectivity index (χ0v) is 8.89. The average Bonchev–Trinajstić information content (AvgIpc) is 2.16. The van der Waals surface area contributed by atoms with E-state index in [0.29, 0.717) is 10.5 Å². The number of aliphatic hydroxyl groups is 2. The minimum Gasteiger partial charge on any atom is -0.390 e. The van der Waals surface area contributed by atoms with Gasteiger partial charge in [0, 0.05) is 4.90 Å². The molecule has 1 rings (SSSR count). The van der Waals surface area contributed by atoms with Crippen LogP contribution in [0.25, 0.3) is 0 Å². The predicted molar refractivity (Wildman–Crippen MR) is 58.5 cm³/mol. The quantitative estimate of drug-likeness (QED) is 0.556. The smallest absolute Gasteiger partial charge is 0.220 e. The summed E-state index contributed by atoms with van der Waals surface area (Å²) in [7, 11) is 0. The molecule has 0 saturated carbocycles. The maximum absolute atomic E-state index is 10.6. The minimum absolute atomic E-state index is 0.275. The van der Waals surface area contributed by atoms with Crippen LogP contribution in [0.1, 0.15) is 18.1 Å². The highest BCUT2D eigenvalue weighted by Gasteiger charge is 2.21. The zero-order chi connectivity index (χ0) is 11.4. The fraction of sp³-hybridized carbons (Fsp3) is 0.300. The van der Waals surface area contributed by atoms with Crippen LogP contribution in [0.3, 0.4) is 0 Å². The highest BCUT2D eigenvalue weighted by atomic mass is 32.1. The first-order valence-electron chi connectivity index (χ1n) is 4.44. The van der Waals surface area contributed by atoms with Crippen LogP contribution in [0.15, 0.2) is 29.2 Å². The van der Waals surface area contributed by atoms with E-state index in [4.69, 9.17) is 5.73 Å². The minimum atomic E-state index is -1.20. The monoisotopic (exact) mass is 227 g/mol. The topological polar surface area (TPSA) is 83.6 Å². The number of aliphatic hydroxyl groups excluding tert-OH is 2. The van der Waals surface area contributed by atoms with Gasteiger partial charge in [-0.25, -0.2) is 0 Å². The normalized spacial score (nSPS) is 14.6. The largest absolute Gasteiger partial charge is 0.390 e. The SMILES string of the molecule is NC(=O)CC(O)C(O)c1ccccc1S. The van der Waals surface area contributed by atoms with Crippen molar-refractivity contribution >= 4 is 18.5 Å². The second kappa shape index (κ2) is 5.16. The van der Waals surface area contributed by atoms with E-state index in [1.165, 1.54) is 0 Å². The first kappa shape index (κ1) is 12.0. The van der Waals surface area contributed by atoms with Crippen LogP contribution in [0.4, 0.5) is 0 Å². The van der Waals surface area contributed by atoms with Crippen LogP contribution >= 0.6 is 12.6 Å². The molecule has 0 aliphatic rings. The molecule has 0 heterocycles. The molecular formula is C10H13NO3S. The Morgan fingerprint density at radius 3 is 2.53 bits per heavy atom. The number of hydrogen-bond acceptors (Lipinski definition) is 4. The highest BCUT2D eigenvalue weighted by molar-refractivity contribution is 7.80. The van der Waals surface area contributed by atoms with Gasteiger partial charge in [-0.15, -0.1) is 12.6 Å². The van der Waals surface area contributed by atoms with E-state index >= 15 is 0 Å². The van der Waals surface area contributed by atoms with Crippen LogP contribution in [-0.2, 0) is 4.79 Å². The number of primary amides is 1. The lowest BCUT2D eigenvalue weighted by Crippen LogP contribution is -2.25. The first-order chi connectivity index (χ1) is 7.02. The summed E-state index contributed by atoms with van der Waals surface area (Å²) in [5.74, 6) is -0.654. The second-order valence-corrected chi connectivity index (χ2v) is 3.72. The molecule has 0 bridgehead atoms. The van der Waals surface area contributed by atoms with Crippen molar-refractivity contribution in [2.24, 2.45) is 5.73 Å². The lowest BCUT2D eigenvalue weighted by atomic mass is 10.0. The van der Waals surface area contributed by atoms with Crippen LogP contribution in [0.2, 0.25) is 0 Å². The van der Waals surface area contributed by atoms with E-state index in [-0.39, 0.29) is 6.42 Å². The highest BCUT2D eigenvalue weighted by Crippen LogP contribution is 2.24. The first-order valence-corrected chi connectivity index (χ1v) is 4.89. The lowest BCUT2D eigenvalue weighted by molar-refractivity contribution is -0.121. The molecule has 82 valence electrons. The van der Waals surface area contributed by atoms with Crippen molar-refractivity contribution < 1.29 is 15.0 Å². The van der Waals surface area contributed by atoms with Crippen molar-refractivity contribution in [2.45, 2.75) is 23.5 Å². The van der Waals surface area contributed by atoms with Crippen molar-refractivity contribution in [3.05, 3.63) is 29.8 Å². The molecule has 0 aliphatic carbocycles. The molecule has 15 heavy (non-hydrogen) atoms. The lowest BCUT2D eigenvalue weighted by Gasteiger charge is -2.18. The molecule has 4 nitrogen and oxygen atoms in total. The number of rotatable bonds is 4. The molecule has 0 aliphatic heterocycles. The third kappa shape index (κ3) is 3.23. The van der Waals surface area contributed by atoms with Crippen molar-refractivity contribution in [2.75, 3.05) is 0 Å². The standard InChI is InChI=1S/C10H13NO3S/c11-9(13)5-7(12)10(14)6-3-1-2-4-8(6)15/h1-4,7,10,12,14-15H,5H2,(H2,11,13). The predicted octanol–water partition coefficient (Wildman–Crippen LogP) is 0.245. The summed E-state index contributed by atoms with van der Waals surface area (Å²) in [4.78, 5) is 11.1. The molecule has 0 fully saturated rings. The van der Waals surface area contributed by atoms with E-state index in [2.05, 4.69) is 12.6 Å². The van der Waals surface area contributed by atoms with Crippen LogP contribution in [0.5, 0.6) is 0 Å². The molecule has 0 spiro atoms. The Morgan fingerprint density at radius 2 is 2.00 bits per heavy atom. The van der Waals surface area contributed by atoms with E-state index in [9.17, 15) is 15.0 Å². The van der Waals surface area contributed by atoms with Gasteiger partial charge < -0.3 is 15.9 Å². The van der Waals surface area contributed by atoms with Gasteiger partial charge >= 0.3 is 0 Å². The molecule has 1 aromatic rings. The van der Waals surface area contributed by atoms with Gasteiger partial charge in [-0.05, 0) is 11.6 Å². The molecule has 5 heteroatoms. The molecular weight excluding hydrogens is 214 g/mol. The summed E-state index contributed by atoms with van der Waals surface area (Å²) >= 11 is 4.14. The molecule has 1 amide bonds. The molecule has 4 N–H and O–H groups in total. The summed E-state index contributed by atoms with van der Waals surface area (Å²) in [6.07, 6.45) is -2.62. The van der Waals surface area contributed by atoms with Crippen LogP contribution < -0.4 is 5.73 Å². The molecule has 0 aromatic heterocycles. The van der Waals surface area contributed by atoms with Gasteiger partial charge in [0.1, 0.15) is 6.10 Å². The number of carbonyl (C=O) groups excluding carboxylic acids is 1. The average molecular weight is 227 g/mol. The van der Waals surface area contributed by atoms with Crippen molar-refractivity contribution in [3.8, 4) is 0 Å². The Hall–Kier alpha value is -1.04. The number of amides is 1.